The predicted octanol–water partition coefficient (Wildman–Crippen LogP) is 3.41. The smallest absolute Gasteiger partial charge is 0.335 e. The Bertz CT molecular complexity index is 618. The first-order valence-corrected chi connectivity index (χ1v) is 5.68. The van der Waals surface area contributed by atoms with Gasteiger partial charge in [0, 0.05) is 12.2 Å². The minimum Gasteiger partial charge on any atom is -0.478 e. The van der Waals surface area contributed by atoms with E-state index in [1.807, 2.05) is 0 Å². The summed E-state index contributed by atoms with van der Waals surface area (Å²) >= 11 is 0. The molecule has 3 nitrogen and oxygen atoms in total. The van der Waals surface area contributed by atoms with E-state index < -0.39 is 23.4 Å². The van der Waals surface area contributed by atoms with Gasteiger partial charge in [-0.1, -0.05) is 0 Å². The molecule has 20 heavy (non-hydrogen) atoms. The van der Waals surface area contributed by atoms with Gasteiger partial charge in [0.25, 0.3) is 0 Å². The molecule has 0 bridgehead atoms. The minimum absolute atomic E-state index is 0.0839. The van der Waals surface area contributed by atoms with Gasteiger partial charge >= 0.3 is 5.97 Å². The van der Waals surface area contributed by atoms with Crippen LogP contribution < -0.4 is 5.32 Å². The maximum absolute atomic E-state index is 13.0. The van der Waals surface area contributed by atoms with Gasteiger partial charge in [0.2, 0.25) is 0 Å². The zero-order chi connectivity index (χ0) is 14.7. The number of carbonyl (C=O) groups is 1. The Kier molecular flexibility index (Phi) is 3.93. The molecule has 2 aromatic rings. The molecular weight excluding hydrogens is 271 g/mol. The Hall–Kier alpha value is -2.50. The minimum atomic E-state index is -1.50. The van der Waals surface area contributed by atoms with Gasteiger partial charge in [0.05, 0.1) is 5.56 Å². The lowest BCUT2D eigenvalue weighted by Gasteiger charge is -2.07. The van der Waals surface area contributed by atoms with E-state index in [1.165, 1.54) is 24.3 Å². The van der Waals surface area contributed by atoms with Gasteiger partial charge in [0.1, 0.15) is 0 Å². The number of carboxylic acid groups (broad SMARTS) is 1. The number of benzene rings is 2. The van der Waals surface area contributed by atoms with E-state index in [4.69, 9.17) is 5.11 Å². The van der Waals surface area contributed by atoms with Crippen LogP contribution in [0.1, 0.15) is 15.9 Å². The van der Waals surface area contributed by atoms with Gasteiger partial charge in [-0.25, -0.2) is 18.0 Å². The van der Waals surface area contributed by atoms with E-state index >= 15 is 0 Å². The summed E-state index contributed by atoms with van der Waals surface area (Å²) in [7, 11) is 0. The van der Waals surface area contributed by atoms with Crippen molar-refractivity contribution in [3.63, 3.8) is 0 Å². The van der Waals surface area contributed by atoms with E-state index in [0.29, 0.717) is 5.69 Å². The average Bonchev–Trinajstić information content (AvgIpc) is 2.42. The molecule has 0 aliphatic heterocycles. The quantitative estimate of drug-likeness (QED) is 0.844. The molecule has 0 saturated heterocycles. The average molecular weight is 281 g/mol. The van der Waals surface area contributed by atoms with Gasteiger partial charge in [-0.3, -0.25) is 0 Å². The van der Waals surface area contributed by atoms with Crippen LogP contribution in [0.5, 0.6) is 0 Å². The van der Waals surface area contributed by atoms with Gasteiger partial charge in [-0.2, -0.15) is 0 Å². The van der Waals surface area contributed by atoms with Crippen molar-refractivity contribution < 1.29 is 23.1 Å². The highest BCUT2D eigenvalue weighted by Gasteiger charge is 2.10. The molecule has 0 spiro atoms. The second-order valence-corrected chi connectivity index (χ2v) is 4.11. The number of rotatable bonds is 4. The lowest BCUT2D eigenvalue weighted by Crippen LogP contribution is -2.03. The first-order chi connectivity index (χ1) is 9.47. The van der Waals surface area contributed by atoms with Crippen molar-refractivity contribution in [3.05, 3.63) is 65.0 Å². The van der Waals surface area contributed by atoms with Crippen molar-refractivity contribution in [2.24, 2.45) is 0 Å². The Morgan fingerprint density at radius 3 is 2.10 bits per heavy atom. The zero-order valence-corrected chi connectivity index (χ0v) is 10.2. The molecule has 2 N–H and O–H groups in total. The van der Waals surface area contributed by atoms with Crippen molar-refractivity contribution in [2.45, 2.75) is 6.54 Å². The van der Waals surface area contributed by atoms with Gasteiger partial charge in [0.15, 0.2) is 17.5 Å². The number of halogens is 3. The summed E-state index contributed by atoms with van der Waals surface area (Å²) in [5, 5.41) is 11.6. The summed E-state index contributed by atoms with van der Waals surface area (Å²) in [6.07, 6.45) is 0. The molecule has 0 aliphatic carbocycles. The summed E-state index contributed by atoms with van der Waals surface area (Å²) < 4.78 is 38.8. The van der Waals surface area contributed by atoms with Crippen molar-refractivity contribution in [2.75, 3.05) is 5.32 Å². The number of nitrogens with one attached hydrogen (secondary N) is 1. The Morgan fingerprint density at radius 2 is 1.60 bits per heavy atom. The third-order valence-corrected chi connectivity index (χ3v) is 2.67. The molecule has 0 fully saturated rings. The van der Waals surface area contributed by atoms with Gasteiger partial charge in [-0.05, 0) is 42.0 Å². The molecular formula is C14H10F3NO2. The molecule has 0 atom stereocenters. The molecule has 0 aliphatic rings. The maximum atomic E-state index is 13.0. The fraction of sp³-hybridized carbons (Fsp3) is 0.0714. The fourth-order valence-electron chi connectivity index (χ4n) is 1.64. The molecule has 2 aromatic carbocycles. The summed E-state index contributed by atoms with van der Waals surface area (Å²) in [6, 6.07) is 7.65. The van der Waals surface area contributed by atoms with E-state index in [9.17, 15) is 18.0 Å². The molecule has 0 amide bonds. The SMILES string of the molecule is O=C(O)c1ccc(NCc2cc(F)c(F)c(F)c2)cc1. The summed E-state index contributed by atoms with van der Waals surface area (Å²) in [4.78, 5) is 10.7. The van der Waals surface area contributed by atoms with E-state index in [1.54, 1.807) is 0 Å². The molecule has 2 rings (SSSR count). The van der Waals surface area contributed by atoms with Crippen molar-refractivity contribution in [1.82, 2.24) is 0 Å². The van der Waals surface area contributed by atoms with Gasteiger partial charge in [-0.15, -0.1) is 0 Å². The largest absolute Gasteiger partial charge is 0.478 e. The van der Waals surface area contributed by atoms with Crippen LogP contribution in [0.2, 0.25) is 0 Å². The maximum Gasteiger partial charge on any atom is 0.335 e. The monoisotopic (exact) mass is 281 g/mol. The fourth-order valence-corrected chi connectivity index (χ4v) is 1.64. The molecule has 0 saturated carbocycles. The molecule has 6 heteroatoms. The van der Waals surface area contributed by atoms with Crippen LogP contribution in [0.15, 0.2) is 36.4 Å². The molecule has 104 valence electrons. The van der Waals surface area contributed by atoms with E-state index in [0.717, 1.165) is 12.1 Å². The van der Waals surface area contributed by atoms with Crippen LogP contribution in [0.3, 0.4) is 0 Å². The third kappa shape index (κ3) is 3.09. The van der Waals surface area contributed by atoms with Crippen LogP contribution >= 0.6 is 0 Å². The van der Waals surface area contributed by atoms with Crippen LogP contribution in [-0.4, -0.2) is 11.1 Å². The van der Waals surface area contributed by atoms with Crippen molar-refractivity contribution in [1.29, 1.82) is 0 Å². The third-order valence-electron chi connectivity index (χ3n) is 2.67. The van der Waals surface area contributed by atoms with E-state index in [2.05, 4.69) is 5.32 Å². The number of carboxylic acids is 1. The number of hydrogen-bond acceptors (Lipinski definition) is 2. The highest BCUT2D eigenvalue weighted by molar-refractivity contribution is 5.87. The summed E-state index contributed by atoms with van der Waals surface area (Å²) in [6.45, 7) is 0.0839. The van der Waals surface area contributed by atoms with Crippen molar-refractivity contribution >= 4 is 11.7 Å². The standard InChI is InChI=1S/C14H10F3NO2/c15-11-5-8(6-12(16)13(11)17)7-18-10-3-1-9(2-4-10)14(19)20/h1-6,18H,7H2,(H,19,20). The first-order valence-electron chi connectivity index (χ1n) is 5.68. The Balaban J connectivity index is 2.07. The number of anilines is 1. The highest BCUT2D eigenvalue weighted by atomic mass is 19.2. The summed E-state index contributed by atoms with van der Waals surface area (Å²) in [5.74, 6) is -5.04. The normalized spacial score (nSPS) is 10.3. The highest BCUT2D eigenvalue weighted by Crippen LogP contribution is 2.16. The van der Waals surface area contributed by atoms with Crippen molar-refractivity contribution in [3.8, 4) is 0 Å². The van der Waals surface area contributed by atoms with Crippen LogP contribution in [0.25, 0.3) is 0 Å². The second-order valence-electron chi connectivity index (χ2n) is 4.11. The predicted molar refractivity (Wildman–Crippen MR) is 67.0 cm³/mol. The Labute approximate surface area is 112 Å². The molecule has 0 aromatic heterocycles. The van der Waals surface area contributed by atoms with E-state index in [-0.39, 0.29) is 17.7 Å². The van der Waals surface area contributed by atoms with Crippen LogP contribution in [-0.2, 0) is 6.54 Å². The molecule has 0 radical (unpaired) electrons. The topological polar surface area (TPSA) is 49.3 Å². The molecule has 0 unspecified atom stereocenters. The lowest BCUT2D eigenvalue weighted by atomic mass is 10.2. The summed E-state index contributed by atoms with van der Waals surface area (Å²) in [5.41, 5.74) is 0.957. The first kappa shape index (κ1) is 13.9. The van der Waals surface area contributed by atoms with Crippen LogP contribution in [0, 0.1) is 17.5 Å². The second kappa shape index (κ2) is 5.64. The lowest BCUT2D eigenvalue weighted by molar-refractivity contribution is 0.0697. The molecule has 0 heterocycles. The number of aromatic carboxylic acids is 1. The Morgan fingerprint density at radius 1 is 1.05 bits per heavy atom. The number of hydrogen-bond donors (Lipinski definition) is 2. The van der Waals surface area contributed by atoms with Gasteiger partial charge < -0.3 is 10.4 Å². The van der Waals surface area contributed by atoms with Crippen LogP contribution in [0.4, 0.5) is 18.9 Å². The zero-order valence-electron chi connectivity index (χ0n) is 10.2.